The summed E-state index contributed by atoms with van der Waals surface area (Å²) in [5.74, 6) is 3.16. The maximum Gasteiger partial charge on any atom is 0.200 e. The molecule has 130 valence electrons. The van der Waals surface area contributed by atoms with Crippen LogP contribution >= 0.6 is 0 Å². The highest BCUT2D eigenvalue weighted by Crippen LogP contribution is 2.33. The third-order valence-electron chi connectivity index (χ3n) is 4.41. The lowest BCUT2D eigenvalue weighted by molar-refractivity contribution is 0.390. The Morgan fingerprint density at radius 3 is 2.80 bits per heavy atom. The minimum atomic E-state index is 0.636. The molecule has 0 bridgehead atoms. The summed E-state index contributed by atoms with van der Waals surface area (Å²) in [5.41, 5.74) is 1.72. The van der Waals surface area contributed by atoms with Crippen molar-refractivity contribution in [3.63, 3.8) is 0 Å². The highest BCUT2D eigenvalue weighted by molar-refractivity contribution is 5.48. The zero-order valence-corrected chi connectivity index (χ0v) is 14.3. The fourth-order valence-electron chi connectivity index (χ4n) is 2.85. The van der Waals surface area contributed by atoms with Gasteiger partial charge >= 0.3 is 0 Å². The smallest absolute Gasteiger partial charge is 0.200 e. The molecule has 0 amide bonds. The predicted molar refractivity (Wildman–Crippen MR) is 91.9 cm³/mol. The van der Waals surface area contributed by atoms with Gasteiger partial charge in [0.15, 0.2) is 11.5 Å². The highest BCUT2D eigenvalue weighted by atomic mass is 16.5. The van der Waals surface area contributed by atoms with E-state index in [1.165, 1.54) is 17.5 Å². The Morgan fingerprint density at radius 1 is 1.16 bits per heavy atom. The van der Waals surface area contributed by atoms with Gasteiger partial charge in [-0.05, 0) is 53.5 Å². The maximum atomic E-state index is 5.54. The summed E-state index contributed by atoms with van der Waals surface area (Å²) in [6.07, 6.45) is 2.53. The Kier molecular flexibility index (Phi) is 4.09. The van der Waals surface area contributed by atoms with Crippen molar-refractivity contribution in [2.24, 2.45) is 5.92 Å². The van der Waals surface area contributed by atoms with E-state index in [1.54, 1.807) is 14.2 Å². The topological polar surface area (TPSA) is 77.7 Å². The van der Waals surface area contributed by atoms with Gasteiger partial charge in [0.2, 0.25) is 0 Å². The summed E-state index contributed by atoms with van der Waals surface area (Å²) in [5, 5.41) is 16.0. The number of fused-ring (bicyclic) bond motifs is 1. The fourth-order valence-corrected chi connectivity index (χ4v) is 2.85. The molecule has 1 aliphatic rings. The lowest BCUT2D eigenvalue weighted by Gasteiger charge is -2.24. The lowest BCUT2D eigenvalue weighted by atomic mass is 10.1. The van der Waals surface area contributed by atoms with Crippen LogP contribution < -0.4 is 14.4 Å². The van der Waals surface area contributed by atoms with E-state index in [0.717, 1.165) is 35.3 Å². The normalized spacial score (nSPS) is 13.8. The Morgan fingerprint density at radius 2 is 2.04 bits per heavy atom. The average molecular weight is 340 g/mol. The number of anilines is 1. The van der Waals surface area contributed by atoms with Gasteiger partial charge in [-0.25, -0.2) is 0 Å². The van der Waals surface area contributed by atoms with Crippen LogP contribution in [0.2, 0.25) is 0 Å². The molecule has 0 radical (unpaired) electrons. The molecule has 1 fully saturated rings. The standard InChI is InChI=1S/C17H20N6O2/c1-24-14-6-5-13(15(9-14)25-2)11-22(10-12-3-4-12)17-8-7-16-18-20-21-23(16)19-17/h5-9,12H,3-4,10-11H2,1-2H3. The van der Waals surface area contributed by atoms with Crippen LogP contribution in [0, 0.1) is 5.92 Å². The Labute approximate surface area is 145 Å². The van der Waals surface area contributed by atoms with Crippen LogP contribution in [0.5, 0.6) is 11.5 Å². The summed E-state index contributed by atoms with van der Waals surface area (Å²) >= 11 is 0. The van der Waals surface area contributed by atoms with Crippen molar-refractivity contribution in [1.29, 1.82) is 0 Å². The molecule has 0 atom stereocenters. The monoisotopic (exact) mass is 340 g/mol. The third kappa shape index (κ3) is 3.33. The van der Waals surface area contributed by atoms with Crippen LogP contribution in [0.1, 0.15) is 18.4 Å². The number of benzene rings is 1. The zero-order chi connectivity index (χ0) is 17.2. The van der Waals surface area contributed by atoms with Crippen molar-refractivity contribution in [3.8, 4) is 11.5 Å². The van der Waals surface area contributed by atoms with Crippen LogP contribution in [-0.4, -0.2) is 46.0 Å². The number of ether oxygens (including phenoxy) is 2. The zero-order valence-electron chi connectivity index (χ0n) is 14.3. The van der Waals surface area contributed by atoms with E-state index in [-0.39, 0.29) is 0 Å². The van der Waals surface area contributed by atoms with Crippen molar-refractivity contribution in [1.82, 2.24) is 25.3 Å². The first-order chi connectivity index (χ1) is 12.3. The van der Waals surface area contributed by atoms with Gasteiger partial charge in [-0.2, -0.15) is 0 Å². The number of hydrogen-bond acceptors (Lipinski definition) is 7. The summed E-state index contributed by atoms with van der Waals surface area (Å²) in [6.45, 7) is 1.65. The molecule has 2 heterocycles. The molecule has 0 N–H and O–H groups in total. The van der Waals surface area contributed by atoms with Crippen molar-refractivity contribution in [2.45, 2.75) is 19.4 Å². The Hall–Kier alpha value is -2.90. The molecule has 1 saturated carbocycles. The van der Waals surface area contributed by atoms with Gasteiger partial charge in [0.25, 0.3) is 0 Å². The molecule has 2 aromatic heterocycles. The van der Waals surface area contributed by atoms with Crippen molar-refractivity contribution < 1.29 is 9.47 Å². The van der Waals surface area contributed by atoms with E-state index in [0.29, 0.717) is 12.2 Å². The largest absolute Gasteiger partial charge is 0.497 e. The highest BCUT2D eigenvalue weighted by Gasteiger charge is 2.26. The predicted octanol–water partition coefficient (Wildman–Crippen LogP) is 1.95. The van der Waals surface area contributed by atoms with E-state index in [2.05, 4.69) is 25.5 Å². The second kappa shape index (κ2) is 6.54. The Bertz CT molecular complexity index is 876. The minimum absolute atomic E-state index is 0.636. The molecule has 1 aromatic carbocycles. The van der Waals surface area contributed by atoms with Gasteiger partial charge in [0, 0.05) is 24.7 Å². The molecule has 3 aromatic rings. The second-order valence-electron chi connectivity index (χ2n) is 6.22. The number of aromatic nitrogens is 5. The lowest BCUT2D eigenvalue weighted by Crippen LogP contribution is -2.27. The van der Waals surface area contributed by atoms with Crippen LogP contribution in [0.4, 0.5) is 5.82 Å². The first-order valence-electron chi connectivity index (χ1n) is 8.28. The van der Waals surface area contributed by atoms with Gasteiger partial charge in [0.1, 0.15) is 11.5 Å². The number of rotatable bonds is 7. The van der Waals surface area contributed by atoms with Gasteiger partial charge in [-0.1, -0.05) is 0 Å². The van der Waals surface area contributed by atoms with Gasteiger partial charge in [0.05, 0.1) is 14.2 Å². The first-order valence-corrected chi connectivity index (χ1v) is 8.28. The van der Waals surface area contributed by atoms with Gasteiger partial charge < -0.3 is 14.4 Å². The van der Waals surface area contributed by atoms with E-state index in [9.17, 15) is 0 Å². The van der Waals surface area contributed by atoms with Gasteiger partial charge in [-0.3, -0.25) is 0 Å². The van der Waals surface area contributed by atoms with E-state index in [1.807, 2.05) is 30.3 Å². The molecular formula is C17H20N6O2. The number of tetrazole rings is 1. The summed E-state index contributed by atoms with van der Waals surface area (Å²) in [7, 11) is 3.33. The summed E-state index contributed by atoms with van der Waals surface area (Å²) in [4.78, 5) is 2.25. The molecule has 0 saturated heterocycles. The molecule has 25 heavy (non-hydrogen) atoms. The minimum Gasteiger partial charge on any atom is -0.497 e. The molecule has 8 nitrogen and oxygen atoms in total. The van der Waals surface area contributed by atoms with Crippen molar-refractivity contribution in [3.05, 3.63) is 35.9 Å². The number of hydrogen-bond donors (Lipinski definition) is 0. The van der Waals surface area contributed by atoms with Crippen LogP contribution in [0.3, 0.4) is 0 Å². The maximum absolute atomic E-state index is 5.54. The second-order valence-corrected chi connectivity index (χ2v) is 6.22. The SMILES string of the molecule is COc1ccc(CN(CC2CC2)c2ccc3nnnn3n2)c(OC)c1. The molecule has 0 aliphatic heterocycles. The van der Waals surface area contributed by atoms with E-state index in [4.69, 9.17) is 9.47 Å². The van der Waals surface area contributed by atoms with E-state index >= 15 is 0 Å². The Balaban J connectivity index is 1.64. The number of methoxy groups -OCH3 is 2. The number of nitrogens with zero attached hydrogens (tertiary/aromatic N) is 6. The first kappa shape index (κ1) is 15.6. The summed E-state index contributed by atoms with van der Waals surface area (Å²) < 4.78 is 12.3. The van der Waals surface area contributed by atoms with Crippen molar-refractivity contribution >= 4 is 11.5 Å². The van der Waals surface area contributed by atoms with Gasteiger partial charge in [-0.15, -0.1) is 14.8 Å². The molecular weight excluding hydrogens is 320 g/mol. The van der Waals surface area contributed by atoms with Crippen LogP contribution in [0.15, 0.2) is 30.3 Å². The quantitative estimate of drug-likeness (QED) is 0.650. The molecule has 0 spiro atoms. The molecule has 1 aliphatic carbocycles. The van der Waals surface area contributed by atoms with Crippen molar-refractivity contribution in [2.75, 3.05) is 25.7 Å². The fraction of sp³-hybridized carbons (Fsp3) is 0.412. The molecule has 4 rings (SSSR count). The third-order valence-corrected chi connectivity index (χ3v) is 4.41. The molecule has 8 heteroatoms. The molecule has 0 unspecified atom stereocenters. The van der Waals surface area contributed by atoms with Crippen LogP contribution in [0.25, 0.3) is 5.65 Å². The summed E-state index contributed by atoms with van der Waals surface area (Å²) in [6, 6.07) is 9.73. The van der Waals surface area contributed by atoms with Crippen LogP contribution in [-0.2, 0) is 6.54 Å². The van der Waals surface area contributed by atoms with E-state index < -0.39 is 0 Å². The average Bonchev–Trinajstić information content (AvgIpc) is 3.34.